The van der Waals surface area contributed by atoms with Gasteiger partial charge in [-0.1, -0.05) is 42.5 Å². The average Bonchev–Trinajstić information content (AvgIpc) is 3.07. The Morgan fingerprint density at radius 3 is 2.56 bits per heavy atom. The highest BCUT2D eigenvalue weighted by molar-refractivity contribution is 5.89. The summed E-state index contributed by atoms with van der Waals surface area (Å²) in [6, 6.07) is 17.9. The van der Waals surface area contributed by atoms with Crippen molar-refractivity contribution in [3.05, 3.63) is 65.7 Å². The number of likely N-dealkylation sites (tertiary alicyclic amines) is 1. The zero-order valence-corrected chi connectivity index (χ0v) is 15.7. The maximum Gasteiger partial charge on any atom is 0.225 e. The molecule has 3 rings (SSSR count). The first-order valence-corrected chi connectivity index (χ1v) is 9.38. The van der Waals surface area contributed by atoms with Crippen LogP contribution in [0.15, 0.2) is 54.6 Å². The standard InChI is InChI=1S/C22H26N2O3/c1-27-20-11-9-18(10-12-20)15-24-16-19(14-21(24)25)22(26)23-13-5-8-17-6-3-2-4-7-17/h2-4,6-7,9-12,19H,5,8,13-16H2,1H3,(H,23,26)/t19-/m1/s1. The van der Waals surface area contributed by atoms with Crippen molar-refractivity contribution in [3.8, 4) is 5.75 Å². The predicted octanol–water partition coefficient (Wildman–Crippen LogP) is 2.79. The molecule has 0 radical (unpaired) electrons. The predicted molar refractivity (Wildman–Crippen MR) is 104 cm³/mol. The Balaban J connectivity index is 1.42. The Kier molecular flexibility index (Phi) is 6.47. The van der Waals surface area contributed by atoms with Crippen molar-refractivity contribution < 1.29 is 14.3 Å². The third kappa shape index (κ3) is 5.33. The number of aryl methyl sites for hydroxylation is 1. The van der Waals surface area contributed by atoms with E-state index in [1.807, 2.05) is 42.5 Å². The summed E-state index contributed by atoms with van der Waals surface area (Å²) >= 11 is 0. The molecule has 5 nitrogen and oxygen atoms in total. The lowest BCUT2D eigenvalue weighted by Crippen LogP contribution is -2.33. The van der Waals surface area contributed by atoms with Gasteiger partial charge in [0.1, 0.15) is 5.75 Å². The average molecular weight is 366 g/mol. The number of nitrogens with zero attached hydrogens (tertiary/aromatic N) is 1. The largest absolute Gasteiger partial charge is 0.497 e. The fourth-order valence-electron chi connectivity index (χ4n) is 3.35. The van der Waals surface area contributed by atoms with Gasteiger partial charge in [0.05, 0.1) is 13.0 Å². The molecule has 1 aliphatic rings. The smallest absolute Gasteiger partial charge is 0.225 e. The molecule has 1 heterocycles. The SMILES string of the molecule is COc1ccc(CN2C[C@H](C(=O)NCCCc3ccccc3)CC2=O)cc1. The van der Waals surface area contributed by atoms with Crippen LogP contribution in [0.2, 0.25) is 0 Å². The number of carbonyl (C=O) groups is 2. The maximum atomic E-state index is 12.4. The van der Waals surface area contributed by atoms with Crippen LogP contribution in [0.4, 0.5) is 0 Å². The minimum absolute atomic E-state index is 0.0198. The number of benzene rings is 2. The number of ether oxygens (including phenoxy) is 1. The van der Waals surface area contributed by atoms with E-state index in [2.05, 4.69) is 17.4 Å². The Labute approximate surface area is 160 Å². The molecule has 0 spiro atoms. The van der Waals surface area contributed by atoms with Crippen molar-refractivity contribution in [1.29, 1.82) is 0 Å². The van der Waals surface area contributed by atoms with E-state index >= 15 is 0 Å². The molecule has 2 aromatic carbocycles. The van der Waals surface area contributed by atoms with E-state index in [0.717, 1.165) is 24.2 Å². The Morgan fingerprint density at radius 2 is 1.85 bits per heavy atom. The highest BCUT2D eigenvalue weighted by Gasteiger charge is 2.33. The van der Waals surface area contributed by atoms with Crippen molar-refractivity contribution in [2.45, 2.75) is 25.8 Å². The zero-order valence-electron chi connectivity index (χ0n) is 15.7. The molecule has 1 aliphatic heterocycles. The highest BCUT2D eigenvalue weighted by Crippen LogP contribution is 2.21. The number of methoxy groups -OCH3 is 1. The first-order chi connectivity index (χ1) is 13.2. The minimum Gasteiger partial charge on any atom is -0.497 e. The van der Waals surface area contributed by atoms with Crippen molar-refractivity contribution in [2.75, 3.05) is 20.2 Å². The number of carbonyl (C=O) groups excluding carboxylic acids is 2. The highest BCUT2D eigenvalue weighted by atomic mass is 16.5. The van der Waals surface area contributed by atoms with Gasteiger partial charge in [0, 0.05) is 26.1 Å². The van der Waals surface area contributed by atoms with E-state index in [1.54, 1.807) is 12.0 Å². The maximum absolute atomic E-state index is 12.4. The van der Waals surface area contributed by atoms with E-state index < -0.39 is 0 Å². The molecule has 5 heteroatoms. The van der Waals surface area contributed by atoms with Gasteiger partial charge >= 0.3 is 0 Å². The molecule has 142 valence electrons. The van der Waals surface area contributed by atoms with Crippen molar-refractivity contribution >= 4 is 11.8 Å². The van der Waals surface area contributed by atoms with Crippen LogP contribution in [0.3, 0.4) is 0 Å². The van der Waals surface area contributed by atoms with Crippen LogP contribution in [0, 0.1) is 5.92 Å². The van der Waals surface area contributed by atoms with E-state index in [0.29, 0.717) is 26.1 Å². The van der Waals surface area contributed by atoms with Gasteiger partial charge in [-0.25, -0.2) is 0 Å². The van der Waals surface area contributed by atoms with Crippen LogP contribution in [-0.2, 0) is 22.6 Å². The number of nitrogens with one attached hydrogen (secondary N) is 1. The normalized spacial score (nSPS) is 16.4. The van der Waals surface area contributed by atoms with Crippen molar-refractivity contribution in [2.24, 2.45) is 5.92 Å². The molecule has 0 aromatic heterocycles. The summed E-state index contributed by atoms with van der Waals surface area (Å²) in [7, 11) is 1.63. The van der Waals surface area contributed by atoms with Crippen LogP contribution in [0.5, 0.6) is 5.75 Å². The van der Waals surface area contributed by atoms with E-state index in [9.17, 15) is 9.59 Å². The molecule has 1 atom stereocenters. The second kappa shape index (κ2) is 9.21. The first kappa shape index (κ1) is 19.0. The molecule has 0 bridgehead atoms. The summed E-state index contributed by atoms with van der Waals surface area (Å²) < 4.78 is 5.15. The fraction of sp³-hybridized carbons (Fsp3) is 0.364. The molecule has 27 heavy (non-hydrogen) atoms. The van der Waals surface area contributed by atoms with E-state index in [4.69, 9.17) is 4.74 Å². The molecular formula is C22H26N2O3. The number of hydrogen-bond donors (Lipinski definition) is 1. The first-order valence-electron chi connectivity index (χ1n) is 9.38. The fourth-order valence-corrected chi connectivity index (χ4v) is 3.35. The summed E-state index contributed by atoms with van der Waals surface area (Å²) in [6.07, 6.45) is 2.13. The molecule has 1 saturated heterocycles. The number of hydrogen-bond acceptors (Lipinski definition) is 3. The van der Waals surface area contributed by atoms with Gasteiger partial charge in [0.25, 0.3) is 0 Å². The summed E-state index contributed by atoms with van der Waals surface area (Å²) in [5, 5.41) is 2.98. The second-order valence-corrected chi connectivity index (χ2v) is 6.90. The lowest BCUT2D eigenvalue weighted by atomic mass is 10.1. The van der Waals surface area contributed by atoms with Gasteiger partial charge in [-0.15, -0.1) is 0 Å². The molecular weight excluding hydrogens is 340 g/mol. The van der Waals surface area contributed by atoms with Crippen molar-refractivity contribution in [3.63, 3.8) is 0 Å². The van der Waals surface area contributed by atoms with E-state index in [1.165, 1.54) is 5.56 Å². The molecule has 1 N–H and O–H groups in total. The third-order valence-electron chi connectivity index (χ3n) is 4.90. The summed E-state index contributed by atoms with van der Waals surface area (Å²) in [5.41, 5.74) is 2.31. The Hall–Kier alpha value is -2.82. The van der Waals surface area contributed by atoms with Crippen LogP contribution in [-0.4, -0.2) is 36.9 Å². The van der Waals surface area contributed by atoms with Gasteiger partial charge < -0.3 is 15.0 Å². The zero-order chi connectivity index (χ0) is 19.1. The molecule has 1 fully saturated rings. The summed E-state index contributed by atoms with van der Waals surface area (Å²) in [4.78, 5) is 26.4. The third-order valence-corrected chi connectivity index (χ3v) is 4.90. The van der Waals surface area contributed by atoms with Crippen LogP contribution < -0.4 is 10.1 Å². The monoisotopic (exact) mass is 366 g/mol. The van der Waals surface area contributed by atoms with E-state index in [-0.39, 0.29) is 17.7 Å². The van der Waals surface area contributed by atoms with Gasteiger partial charge in [-0.2, -0.15) is 0 Å². The van der Waals surface area contributed by atoms with Gasteiger partial charge in [0.2, 0.25) is 11.8 Å². The minimum atomic E-state index is -0.257. The molecule has 2 amide bonds. The summed E-state index contributed by atoms with van der Waals surface area (Å²) in [5.74, 6) is 0.552. The van der Waals surface area contributed by atoms with Crippen molar-refractivity contribution in [1.82, 2.24) is 10.2 Å². The quantitative estimate of drug-likeness (QED) is 0.731. The topological polar surface area (TPSA) is 58.6 Å². The Bertz CT molecular complexity index is 759. The van der Waals surface area contributed by atoms with Gasteiger partial charge in [-0.05, 0) is 36.1 Å². The molecule has 0 aliphatic carbocycles. The second-order valence-electron chi connectivity index (χ2n) is 6.90. The number of rotatable bonds is 8. The van der Waals surface area contributed by atoms with Gasteiger partial charge in [0.15, 0.2) is 0 Å². The number of amides is 2. The molecule has 0 unspecified atom stereocenters. The lowest BCUT2D eigenvalue weighted by Gasteiger charge is -2.17. The van der Waals surface area contributed by atoms with Crippen LogP contribution in [0.1, 0.15) is 24.0 Å². The Morgan fingerprint density at radius 1 is 1.11 bits per heavy atom. The van der Waals surface area contributed by atoms with Crippen LogP contribution in [0.25, 0.3) is 0 Å². The summed E-state index contributed by atoms with van der Waals surface area (Å²) in [6.45, 7) is 1.65. The van der Waals surface area contributed by atoms with Crippen LogP contribution >= 0.6 is 0 Å². The molecule has 0 saturated carbocycles. The lowest BCUT2D eigenvalue weighted by molar-refractivity contribution is -0.129. The van der Waals surface area contributed by atoms with Gasteiger partial charge in [-0.3, -0.25) is 9.59 Å². The molecule has 2 aromatic rings.